The van der Waals surface area contributed by atoms with Crippen molar-refractivity contribution in [1.29, 1.82) is 0 Å². The van der Waals surface area contributed by atoms with Gasteiger partial charge in [-0.3, -0.25) is 0 Å². The molecule has 1 aromatic carbocycles. The van der Waals surface area contributed by atoms with Gasteiger partial charge < -0.3 is 4.74 Å². The fourth-order valence-corrected chi connectivity index (χ4v) is 2.83. The smallest absolute Gasteiger partial charge is 0.337 e. The van der Waals surface area contributed by atoms with Gasteiger partial charge in [0.05, 0.1) is 17.6 Å². The normalized spacial score (nSPS) is 11.1. The van der Waals surface area contributed by atoms with Gasteiger partial charge in [-0.15, -0.1) is 0 Å². The van der Waals surface area contributed by atoms with Crippen molar-refractivity contribution in [2.24, 2.45) is 0 Å². The first-order chi connectivity index (χ1) is 8.77. The SMILES string of the molecule is C=C(Cl)CNS(=O)(=O)c1cc(C(=O)OC)ccc1C. The Hall–Kier alpha value is -1.37. The first kappa shape index (κ1) is 15.7. The number of carbonyl (C=O) groups is 1. The molecule has 5 nitrogen and oxygen atoms in total. The summed E-state index contributed by atoms with van der Waals surface area (Å²) in [6.45, 7) is 4.95. The molecule has 1 aromatic rings. The molecule has 7 heteroatoms. The van der Waals surface area contributed by atoms with Crippen molar-refractivity contribution in [2.45, 2.75) is 11.8 Å². The summed E-state index contributed by atoms with van der Waals surface area (Å²) in [5.74, 6) is -0.599. The van der Waals surface area contributed by atoms with Gasteiger partial charge in [0.25, 0.3) is 0 Å². The number of benzene rings is 1. The molecule has 0 radical (unpaired) electrons. The highest BCUT2D eigenvalue weighted by Crippen LogP contribution is 2.17. The van der Waals surface area contributed by atoms with Crippen LogP contribution in [0, 0.1) is 6.92 Å². The molecular formula is C12H14ClNO4S. The molecular weight excluding hydrogens is 290 g/mol. The van der Waals surface area contributed by atoms with Gasteiger partial charge in [0.15, 0.2) is 0 Å². The van der Waals surface area contributed by atoms with E-state index in [0.717, 1.165) is 0 Å². The van der Waals surface area contributed by atoms with Gasteiger partial charge in [0.1, 0.15) is 0 Å². The number of hydrogen-bond acceptors (Lipinski definition) is 4. The van der Waals surface area contributed by atoms with Crippen LogP contribution in [0.2, 0.25) is 0 Å². The molecule has 19 heavy (non-hydrogen) atoms. The highest BCUT2D eigenvalue weighted by molar-refractivity contribution is 7.89. The minimum atomic E-state index is -3.75. The van der Waals surface area contributed by atoms with E-state index in [0.29, 0.717) is 5.56 Å². The Morgan fingerprint density at radius 3 is 2.63 bits per heavy atom. The molecule has 0 fully saturated rings. The highest BCUT2D eigenvalue weighted by atomic mass is 35.5. The summed E-state index contributed by atoms with van der Waals surface area (Å²) >= 11 is 5.52. The summed E-state index contributed by atoms with van der Waals surface area (Å²) in [4.78, 5) is 11.4. The van der Waals surface area contributed by atoms with Gasteiger partial charge in [-0.05, 0) is 24.6 Å². The molecule has 0 atom stereocenters. The van der Waals surface area contributed by atoms with E-state index in [9.17, 15) is 13.2 Å². The minimum absolute atomic E-state index is 0.00770. The Bertz CT molecular complexity index is 610. The van der Waals surface area contributed by atoms with Crippen LogP contribution < -0.4 is 4.72 Å². The summed E-state index contributed by atoms with van der Waals surface area (Å²) in [5.41, 5.74) is 0.679. The number of aryl methyl sites for hydroxylation is 1. The molecule has 0 saturated carbocycles. The molecule has 0 heterocycles. The number of methoxy groups -OCH3 is 1. The molecule has 0 saturated heterocycles. The van der Waals surface area contributed by atoms with Crippen LogP contribution in [0.5, 0.6) is 0 Å². The predicted molar refractivity (Wildman–Crippen MR) is 72.7 cm³/mol. The van der Waals surface area contributed by atoms with E-state index < -0.39 is 16.0 Å². The Kier molecular flexibility index (Phi) is 5.11. The zero-order chi connectivity index (χ0) is 14.6. The number of carbonyl (C=O) groups excluding carboxylic acids is 1. The summed E-state index contributed by atoms with van der Waals surface area (Å²) in [6, 6.07) is 4.30. The van der Waals surface area contributed by atoms with Crippen LogP contribution >= 0.6 is 11.6 Å². The van der Waals surface area contributed by atoms with Gasteiger partial charge >= 0.3 is 5.97 Å². The third kappa shape index (κ3) is 4.05. The Balaban J connectivity index is 3.18. The summed E-state index contributed by atoms with van der Waals surface area (Å²) in [6.07, 6.45) is 0. The molecule has 0 spiro atoms. The quantitative estimate of drug-likeness (QED) is 0.842. The third-order valence-corrected chi connectivity index (χ3v) is 4.03. The Labute approximate surface area is 117 Å². The maximum atomic E-state index is 12.1. The summed E-state index contributed by atoms with van der Waals surface area (Å²) < 4.78 is 31.0. The molecule has 1 rings (SSSR count). The van der Waals surface area contributed by atoms with E-state index in [-0.39, 0.29) is 22.0 Å². The van der Waals surface area contributed by atoms with Crippen LogP contribution in [-0.2, 0) is 14.8 Å². The molecule has 0 bridgehead atoms. The van der Waals surface area contributed by atoms with Gasteiger partial charge in [-0.1, -0.05) is 24.2 Å². The number of sulfonamides is 1. The van der Waals surface area contributed by atoms with Crippen LogP contribution in [0.4, 0.5) is 0 Å². The second-order valence-corrected chi connectivity index (χ2v) is 6.08. The average molecular weight is 304 g/mol. The fraction of sp³-hybridized carbons (Fsp3) is 0.250. The van der Waals surface area contributed by atoms with Gasteiger partial charge in [0, 0.05) is 11.6 Å². The minimum Gasteiger partial charge on any atom is -0.465 e. The van der Waals surface area contributed by atoms with Crippen LogP contribution in [0.25, 0.3) is 0 Å². The topological polar surface area (TPSA) is 72.5 Å². The number of rotatable bonds is 5. The van der Waals surface area contributed by atoms with E-state index in [4.69, 9.17) is 11.6 Å². The number of hydrogen-bond donors (Lipinski definition) is 1. The zero-order valence-corrected chi connectivity index (χ0v) is 12.1. The van der Waals surface area contributed by atoms with Crippen LogP contribution in [-0.4, -0.2) is 28.0 Å². The van der Waals surface area contributed by atoms with Crippen molar-refractivity contribution in [3.8, 4) is 0 Å². The number of nitrogens with one attached hydrogen (secondary N) is 1. The second-order valence-electron chi connectivity index (χ2n) is 3.81. The van der Waals surface area contributed by atoms with Crippen molar-refractivity contribution < 1.29 is 17.9 Å². The molecule has 0 aromatic heterocycles. The molecule has 104 valence electrons. The van der Waals surface area contributed by atoms with Crippen LogP contribution in [0.3, 0.4) is 0 Å². The van der Waals surface area contributed by atoms with Gasteiger partial charge in [-0.2, -0.15) is 0 Å². The van der Waals surface area contributed by atoms with Gasteiger partial charge in [-0.25, -0.2) is 17.9 Å². The molecule has 0 amide bonds. The molecule has 0 aliphatic carbocycles. The van der Waals surface area contributed by atoms with E-state index in [1.165, 1.54) is 25.3 Å². The van der Waals surface area contributed by atoms with E-state index >= 15 is 0 Å². The van der Waals surface area contributed by atoms with Crippen molar-refractivity contribution >= 4 is 27.6 Å². The van der Waals surface area contributed by atoms with Crippen LogP contribution in [0.15, 0.2) is 34.7 Å². The molecule has 0 aliphatic heterocycles. The molecule has 0 unspecified atom stereocenters. The van der Waals surface area contributed by atoms with E-state index in [1.54, 1.807) is 6.92 Å². The van der Waals surface area contributed by atoms with E-state index in [2.05, 4.69) is 16.0 Å². The number of halogens is 1. The summed E-state index contributed by atoms with van der Waals surface area (Å²) in [7, 11) is -2.53. The maximum Gasteiger partial charge on any atom is 0.337 e. The number of esters is 1. The summed E-state index contributed by atoms with van der Waals surface area (Å²) in [5, 5.41) is 0.172. The Morgan fingerprint density at radius 1 is 1.47 bits per heavy atom. The second kappa shape index (κ2) is 6.18. The first-order valence-corrected chi connectivity index (χ1v) is 7.16. The fourth-order valence-electron chi connectivity index (χ4n) is 1.39. The lowest BCUT2D eigenvalue weighted by atomic mass is 10.1. The first-order valence-electron chi connectivity index (χ1n) is 5.30. The predicted octanol–water partition coefficient (Wildman–Crippen LogP) is 1.81. The largest absolute Gasteiger partial charge is 0.465 e. The lowest BCUT2D eigenvalue weighted by Gasteiger charge is -2.10. The van der Waals surface area contributed by atoms with Crippen molar-refractivity contribution in [3.05, 3.63) is 40.9 Å². The zero-order valence-electron chi connectivity index (χ0n) is 10.6. The van der Waals surface area contributed by atoms with Crippen LogP contribution in [0.1, 0.15) is 15.9 Å². The lowest BCUT2D eigenvalue weighted by molar-refractivity contribution is 0.0600. The standard InChI is InChI=1S/C12H14ClNO4S/c1-8-4-5-10(12(15)18-3)6-11(8)19(16,17)14-7-9(2)13/h4-6,14H,2,7H2,1,3H3. The molecule has 0 aliphatic rings. The highest BCUT2D eigenvalue weighted by Gasteiger charge is 2.19. The van der Waals surface area contributed by atoms with Crippen molar-refractivity contribution in [2.75, 3.05) is 13.7 Å². The van der Waals surface area contributed by atoms with Crippen molar-refractivity contribution in [3.63, 3.8) is 0 Å². The average Bonchev–Trinajstić information content (AvgIpc) is 2.36. The van der Waals surface area contributed by atoms with Crippen molar-refractivity contribution in [1.82, 2.24) is 4.72 Å². The monoisotopic (exact) mass is 303 g/mol. The molecule has 1 N–H and O–H groups in total. The van der Waals surface area contributed by atoms with E-state index in [1.807, 2.05) is 0 Å². The maximum absolute atomic E-state index is 12.1. The number of ether oxygens (including phenoxy) is 1. The Morgan fingerprint density at radius 2 is 2.11 bits per heavy atom. The van der Waals surface area contributed by atoms with Gasteiger partial charge in [0.2, 0.25) is 10.0 Å². The third-order valence-electron chi connectivity index (χ3n) is 2.35. The lowest BCUT2D eigenvalue weighted by Crippen LogP contribution is -2.25.